The summed E-state index contributed by atoms with van der Waals surface area (Å²) in [6.45, 7) is 4.47. The van der Waals surface area contributed by atoms with E-state index in [2.05, 4.69) is 10.6 Å². The summed E-state index contributed by atoms with van der Waals surface area (Å²) >= 11 is 0. The van der Waals surface area contributed by atoms with Gasteiger partial charge in [0.25, 0.3) is 0 Å². The van der Waals surface area contributed by atoms with E-state index in [1.54, 1.807) is 0 Å². The molecule has 5 heteroatoms. The molecule has 3 N–H and O–H groups in total. The molecule has 0 aromatic heterocycles. The molecule has 1 aliphatic rings. The van der Waals surface area contributed by atoms with Crippen molar-refractivity contribution in [1.82, 2.24) is 10.6 Å². The Labute approximate surface area is 108 Å². The van der Waals surface area contributed by atoms with E-state index in [1.165, 1.54) is 0 Å². The predicted molar refractivity (Wildman–Crippen MR) is 69.3 cm³/mol. The van der Waals surface area contributed by atoms with Crippen LogP contribution in [0.25, 0.3) is 0 Å². The lowest BCUT2D eigenvalue weighted by Crippen LogP contribution is -2.40. The van der Waals surface area contributed by atoms with Gasteiger partial charge in [0.05, 0.1) is 11.8 Å². The number of carboxylic acids is 1. The van der Waals surface area contributed by atoms with Crippen LogP contribution in [0.4, 0.5) is 0 Å². The van der Waals surface area contributed by atoms with Gasteiger partial charge in [-0.15, -0.1) is 0 Å². The minimum Gasteiger partial charge on any atom is -0.481 e. The third-order valence-corrected chi connectivity index (χ3v) is 3.50. The van der Waals surface area contributed by atoms with Crippen molar-refractivity contribution in [3.05, 3.63) is 0 Å². The van der Waals surface area contributed by atoms with Crippen LogP contribution in [-0.2, 0) is 9.59 Å². The number of amides is 1. The molecular weight excluding hydrogens is 232 g/mol. The molecule has 1 fully saturated rings. The van der Waals surface area contributed by atoms with E-state index >= 15 is 0 Å². The van der Waals surface area contributed by atoms with E-state index in [4.69, 9.17) is 5.11 Å². The third-order valence-electron chi connectivity index (χ3n) is 3.50. The average Bonchev–Trinajstić information content (AvgIpc) is 2.38. The van der Waals surface area contributed by atoms with Gasteiger partial charge in [-0.2, -0.15) is 0 Å². The molecule has 1 rings (SSSR count). The lowest BCUT2D eigenvalue weighted by molar-refractivity contribution is -0.148. The summed E-state index contributed by atoms with van der Waals surface area (Å²) in [5, 5.41) is 15.1. The number of carboxylic acid groups (broad SMARTS) is 1. The van der Waals surface area contributed by atoms with Gasteiger partial charge in [-0.1, -0.05) is 19.8 Å². The lowest BCUT2D eigenvalue weighted by Gasteiger charge is -2.27. The minimum atomic E-state index is -0.831. The number of rotatable bonds is 7. The average molecular weight is 256 g/mol. The van der Waals surface area contributed by atoms with Gasteiger partial charge in [0.15, 0.2) is 0 Å². The van der Waals surface area contributed by atoms with Crippen molar-refractivity contribution in [1.29, 1.82) is 0 Å². The van der Waals surface area contributed by atoms with Crippen LogP contribution in [0.15, 0.2) is 0 Å². The van der Waals surface area contributed by atoms with E-state index in [1.807, 2.05) is 6.92 Å². The van der Waals surface area contributed by atoms with E-state index in [0.29, 0.717) is 19.4 Å². The fraction of sp³-hybridized carbons (Fsp3) is 0.846. The van der Waals surface area contributed by atoms with E-state index < -0.39 is 11.9 Å². The molecule has 5 nitrogen and oxygen atoms in total. The molecule has 18 heavy (non-hydrogen) atoms. The summed E-state index contributed by atoms with van der Waals surface area (Å²) in [7, 11) is 0. The summed E-state index contributed by atoms with van der Waals surface area (Å²) in [5.74, 6) is -1.75. The smallest absolute Gasteiger partial charge is 0.307 e. The zero-order valence-electron chi connectivity index (χ0n) is 11.1. The van der Waals surface area contributed by atoms with Gasteiger partial charge in [0, 0.05) is 6.54 Å². The first kappa shape index (κ1) is 15.0. The van der Waals surface area contributed by atoms with Gasteiger partial charge in [0.1, 0.15) is 0 Å². The van der Waals surface area contributed by atoms with Crippen LogP contribution in [0, 0.1) is 11.8 Å². The van der Waals surface area contributed by atoms with Gasteiger partial charge >= 0.3 is 5.97 Å². The van der Waals surface area contributed by atoms with Crippen molar-refractivity contribution in [3.8, 4) is 0 Å². The van der Waals surface area contributed by atoms with E-state index in [9.17, 15) is 9.59 Å². The molecule has 0 aromatic rings. The van der Waals surface area contributed by atoms with E-state index in [-0.39, 0.29) is 11.8 Å². The largest absolute Gasteiger partial charge is 0.481 e. The van der Waals surface area contributed by atoms with Crippen molar-refractivity contribution in [2.45, 2.75) is 39.0 Å². The monoisotopic (exact) mass is 256 g/mol. The molecule has 104 valence electrons. The van der Waals surface area contributed by atoms with Gasteiger partial charge in [-0.05, 0) is 32.4 Å². The summed E-state index contributed by atoms with van der Waals surface area (Å²) in [6.07, 6.45) is 4.09. The Morgan fingerprint density at radius 3 is 2.44 bits per heavy atom. The van der Waals surface area contributed by atoms with Crippen LogP contribution in [0.3, 0.4) is 0 Å². The van der Waals surface area contributed by atoms with Crippen LogP contribution in [0.2, 0.25) is 0 Å². The third kappa shape index (κ3) is 4.64. The minimum absolute atomic E-state index is 0.0846. The summed E-state index contributed by atoms with van der Waals surface area (Å²) in [6, 6.07) is 0. The molecule has 0 aromatic carbocycles. The van der Waals surface area contributed by atoms with E-state index in [0.717, 1.165) is 32.4 Å². The van der Waals surface area contributed by atoms with Crippen LogP contribution in [0.5, 0.6) is 0 Å². The first-order valence-corrected chi connectivity index (χ1v) is 6.88. The molecular formula is C13H24N2O3. The van der Waals surface area contributed by atoms with Gasteiger partial charge in [-0.25, -0.2) is 0 Å². The number of aliphatic carboxylic acids is 1. The topological polar surface area (TPSA) is 78.4 Å². The van der Waals surface area contributed by atoms with Gasteiger partial charge < -0.3 is 15.7 Å². The van der Waals surface area contributed by atoms with Gasteiger partial charge in [-0.3, -0.25) is 9.59 Å². The highest BCUT2D eigenvalue weighted by atomic mass is 16.4. The van der Waals surface area contributed by atoms with Crippen LogP contribution in [-0.4, -0.2) is 36.6 Å². The summed E-state index contributed by atoms with van der Waals surface area (Å²) in [4.78, 5) is 23.0. The summed E-state index contributed by atoms with van der Waals surface area (Å²) < 4.78 is 0. The molecule has 1 amide bonds. The Hall–Kier alpha value is -1.10. The second-order valence-electron chi connectivity index (χ2n) is 4.83. The maximum Gasteiger partial charge on any atom is 0.307 e. The Bertz CT molecular complexity index is 281. The van der Waals surface area contributed by atoms with Crippen molar-refractivity contribution in [2.24, 2.45) is 11.8 Å². The zero-order valence-corrected chi connectivity index (χ0v) is 11.1. The Morgan fingerprint density at radius 2 is 1.83 bits per heavy atom. The Morgan fingerprint density at radius 1 is 1.17 bits per heavy atom. The highest BCUT2D eigenvalue weighted by Crippen LogP contribution is 2.30. The normalized spacial score (nSPS) is 23.6. The van der Waals surface area contributed by atoms with Crippen molar-refractivity contribution < 1.29 is 14.7 Å². The standard InChI is InChI=1S/C13H24N2O3/c1-2-14-8-5-9-15-12(16)10-6-3-4-7-11(10)13(17)18/h10-11,14H,2-9H2,1H3,(H,15,16)(H,17,18)/t10-,11+/m1/s1. The molecule has 0 bridgehead atoms. The number of carbonyl (C=O) groups is 2. The zero-order chi connectivity index (χ0) is 13.4. The molecule has 1 aliphatic carbocycles. The fourth-order valence-corrected chi connectivity index (χ4v) is 2.47. The van der Waals surface area contributed by atoms with Crippen molar-refractivity contribution in [3.63, 3.8) is 0 Å². The second-order valence-corrected chi connectivity index (χ2v) is 4.83. The number of hydrogen-bond donors (Lipinski definition) is 3. The first-order valence-electron chi connectivity index (χ1n) is 6.88. The van der Waals surface area contributed by atoms with Gasteiger partial charge in [0.2, 0.25) is 5.91 Å². The summed E-state index contributed by atoms with van der Waals surface area (Å²) in [5.41, 5.74) is 0. The SMILES string of the molecule is CCNCCCNC(=O)[C@@H]1CCCC[C@@H]1C(=O)O. The molecule has 0 spiro atoms. The molecule has 2 atom stereocenters. The lowest BCUT2D eigenvalue weighted by atomic mass is 9.79. The quantitative estimate of drug-likeness (QED) is 0.594. The molecule has 0 aliphatic heterocycles. The molecule has 0 unspecified atom stereocenters. The maximum absolute atomic E-state index is 12.0. The molecule has 0 saturated heterocycles. The second kappa shape index (κ2) is 8.08. The highest BCUT2D eigenvalue weighted by Gasteiger charge is 2.35. The molecule has 0 radical (unpaired) electrons. The number of nitrogens with one attached hydrogen (secondary N) is 2. The number of hydrogen-bond acceptors (Lipinski definition) is 3. The number of carbonyl (C=O) groups excluding carboxylic acids is 1. The molecule has 1 saturated carbocycles. The van der Waals surface area contributed by atoms with Crippen LogP contribution < -0.4 is 10.6 Å². The molecule has 0 heterocycles. The Balaban J connectivity index is 2.32. The van der Waals surface area contributed by atoms with Crippen LogP contribution >= 0.6 is 0 Å². The fourth-order valence-electron chi connectivity index (χ4n) is 2.47. The maximum atomic E-state index is 12.0. The first-order chi connectivity index (χ1) is 8.66. The highest BCUT2D eigenvalue weighted by molar-refractivity contribution is 5.84. The van der Waals surface area contributed by atoms with Crippen LogP contribution in [0.1, 0.15) is 39.0 Å². The predicted octanol–water partition coefficient (Wildman–Crippen LogP) is 0.993. The van der Waals surface area contributed by atoms with Crippen molar-refractivity contribution in [2.75, 3.05) is 19.6 Å². The Kier molecular flexibility index (Phi) is 6.72. The van der Waals surface area contributed by atoms with Crippen molar-refractivity contribution >= 4 is 11.9 Å².